The molecule has 0 bridgehead atoms. The van der Waals surface area contributed by atoms with Crippen LogP contribution < -0.4 is 0 Å². The first-order valence-corrected chi connectivity index (χ1v) is 10.3. The molecule has 3 aliphatic rings. The van der Waals surface area contributed by atoms with Gasteiger partial charge < -0.3 is 14.2 Å². The Hall–Kier alpha value is -0.460. The lowest BCUT2D eigenvalue weighted by atomic mass is 9.89. The molecule has 3 saturated heterocycles. The molecule has 24 heavy (non-hydrogen) atoms. The van der Waals surface area contributed by atoms with E-state index in [2.05, 4.69) is 21.7 Å². The summed E-state index contributed by atoms with van der Waals surface area (Å²) in [6, 6.07) is 2.24. The Labute approximate surface area is 149 Å². The van der Waals surface area contributed by atoms with E-state index in [9.17, 15) is 0 Å². The first-order chi connectivity index (χ1) is 11.8. The third-order valence-corrected chi connectivity index (χ3v) is 6.42. The Bertz CT molecular complexity index is 503. The molecule has 5 heteroatoms. The van der Waals surface area contributed by atoms with Gasteiger partial charge in [0, 0.05) is 32.7 Å². The zero-order valence-electron chi connectivity index (χ0n) is 14.5. The lowest BCUT2D eigenvalue weighted by Crippen LogP contribution is -2.47. The zero-order chi connectivity index (χ0) is 16.2. The molecule has 4 nitrogen and oxygen atoms in total. The summed E-state index contributed by atoms with van der Waals surface area (Å²) in [4.78, 5) is 2.56. The van der Waals surface area contributed by atoms with E-state index in [1.54, 1.807) is 11.3 Å². The van der Waals surface area contributed by atoms with Crippen LogP contribution in [-0.2, 0) is 20.8 Å². The standard InChI is InChI=1S/C19H29NO3S/c1-5-19(15-20(6-1)11-17-4-9-24-14-17)10-18(13-23-19)22-12-16-2-7-21-8-3-16/h4,9,14,16,18H,1-3,5-8,10-13,15H2/t18-,19+/m1/s1. The monoisotopic (exact) mass is 351 g/mol. The quantitative estimate of drug-likeness (QED) is 0.814. The summed E-state index contributed by atoms with van der Waals surface area (Å²) in [5, 5.41) is 4.43. The Balaban J connectivity index is 1.26. The van der Waals surface area contributed by atoms with Crippen molar-refractivity contribution in [2.45, 2.75) is 50.4 Å². The second-order valence-electron chi connectivity index (χ2n) is 7.66. The van der Waals surface area contributed by atoms with E-state index in [1.165, 1.54) is 24.9 Å². The van der Waals surface area contributed by atoms with Gasteiger partial charge in [0.15, 0.2) is 0 Å². The Morgan fingerprint density at radius 3 is 3.08 bits per heavy atom. The predicted octanol–water partition coefficient (Wildman–Crippen LogP) is 3.31. The van der Waals surface area contributed by atoms with E-state index < -0.39 is 0 Å². The number of nitrogens with zero attached hydrogens (tertiary/aromatic N) is 1. The van der Waals surface area contributed by atoms with E-state index in [1.807, 2.05) is 0 Å². The highest BCUT2D eigenvalue weighted by atomic mass is 32.1. The first-order valence-electron chi connectivity index (χ1n) is 9.38. The van der Waals surface area contributed by atoms with Crippen LogP contribution in [0.4, 0.5) is 0 Å². The summed E-state index contributed by atoms with van der Waals surface area (Å²) in [5.74, 6) is 0.678. The Morgan fingerprint density at radius 1 is 1.33 bits per heavy atom. The normalized spacial score (nSPS) is 32.6. The van der Waals surface area contributed by atoms with Crippen molar-refractivity contribution < 1.29 is 14.2 Å². The first kappa shape index (κ1) is 17.0. The van der Waals surface area contributed by atoms with Crippen molar-refractivity contribution in [3.8, 4) is 0 Å². The maximum absolute atomic E-state index is 6.29. The lowest BCUT2D eigenvalue weighted by molar-refractivity contribution is -0.0554. The van der Waals surface area contributed by atoms with Crippen LogP contribution in [0.25, 0.3) is 0 Å². The minimum atomic E-state index is 0.0363. The van der Waals surface area contributed by atoms with Crippen molar-refractivity contribution in [1.29, 1.82) is 0 Å². The van der Waals surface area contributed by atoms with Crippen LogP contribution in [0.3, 0.4) is 0 Å². The van der Waals surface area contributed by atoms with Crippen molar-refractivity contribution in [2.24, 2.45) is 5.92 Å². The van der Waals surface area contributed by atoms with Crippen molar-refractivity contribution in [3.63, 3.8) is 0 Å². The number of hydrogen-bond acceptors (Lipinski definition) is 5. The highest BCUT2D eigenvalue weighted by Gasteiger charge is 2.44. The predicted molar refractivity (Wildman–Crippen MR) is 95.4 cm³/mol. The second-order valence-corrected chi connectivity index (χ2v) is 8.44. The summed E-state index contributed by atoms with van der Waals surface area (Å²) >= 11 is 1.79. The molecule has 0 saturated carbocycles. The van der Waals surface area contributed by atoms with Gasteiger partial charge >= 0.3 is 0 Å². The zero-order valence-corrected chi connectivity index (χ0v) is 15.3. The van der Waals surface area contributed by atoms with Crippen molar-refractivity contribution in [3.05, 3.63) is 22.4 Å². The van der Waals surface area contributed by atoms with Gasteiger partial charge in [-0.15, -0.1) is 0 Å². The van der Waals surface area contributed by atoms with Gasteiger partial charge in [-0.2, -0.15) is 11.3 Å². The molecule has 0 unspecified atom stereocenters. The summed E-state index contributed by atoms with van der Waals surface area (Å²) < 4.78 is 17.9. The highest BCUT2D eigenvalue weighted by Crippen LogP contribution is 2.36. The molecule has 0 N–H and O–H groups in total. The van der Waals surface area contributed by atoms with Crippen molar-refractivity contribution >= 4 is 11.3 Å². The lowest BCUT2D eigenvalue weighted by Gasteiger charge is -2.39. The Kier molecular flexibility index (Phi) is 5.54. The van der Waals surface area contributed by atoms with Gasteiger partial charge in [0.25, 0.3) is 0 Å². The van der Waals surface area contributed by atoms with Gasteiger partial charge in [-0.05, 0) is 60.5 Å². The van der Waals surface area contributed by atoms with Gasteiger partial charge in [0.2, 0.25) is 0 Å². The summed E-state index contributed by atoms with van der Waals surface area (Å²) in [7, 11) is 0. The van der Waals surface area contributed by atoms with E-state index in [-0.39, 0.29) is 11.7 Å². The van der Waals surface area contributed by atoms with E-state index in [0.717, 1.165) is 58.8 Å². The molecular formula is C19H29NO3S. The van der Waals surface area contributed by atoms with Gasteiger partial charge in [0.1, 0.15) is 0 Å². The van der Waals surface area contributed by atoms with Crippen LogP contribution in [-0.4, -0.2) is 56.1 Å². The fourth-order valence-electron chi connectivity index (χ4n) is 4.35. The molecule has 1 aromatic rings. The fourth-order valence-corrected chi connectivity index (χ4v) is 5.01. The topological polar surface area (TPSA) is 30.9 Å². The van der Waals surface area contributed by atoms with Gasteiger partial charge in [-0.3, -0.25) is 4.90 Å². The molecule has 0 aliphatic carbocycles. The molecule has 4 rings (SSSR count). The van der Waals surface area contributed by atoms with Gasteiger partial charge in [-0.1, -0.05) is 0 Å². The van der Waals surface area contributed by atoms with Crippen LogP contribution in [0.2, 0.25) is 0 Å². The van der Waals surface area contributed by atoms with E-state index in [4.69, 9.17) is 14.2 Å². The van der Waals surface area contributed by atoms with Crippen molar-refractivity contribution in [1.82, 2.24) is 4.90 Å². The minimum absolute atomic E-state index is 0.0363. The molecule has 1 spiro atoms. The molecule has 3 aliphatic heterocycles. The summed E-state index contributed by atoms with van der Waals surface area (Å²) in [6.07, 6.45) is 6.06. The molecular weight excluding hydrogens is 322 g/mol. The fraction of sp³-hybridized carbons (Fsp3) is 0.789. The molecule has 1 aromatic heterocycles. The van der Waals surface area contributed by atoms with Gasteiger partial charge in [0.05, 0.1) is 24.9 Å². The number of hydrogen-bond donors (Lipinski definition) is 0. The number of thiophene rings is 1. The summed E-state index contributed by atoms with van der Waals surface area (Å²) in [5.41, 5.74) is 1.47. The van der Waals surface area contributed by atoms with E-state index in [0.29, 0.717) is 5.92 Å². The number of piperidine rings is 1. The number of likely N-dealkylation sites (tertiary alicyclic amines) is 1. The molecule has 0 aromatic carbocycles. The molecule has 2 atom stereocenters. The van der Waals surface area contributed by atoms with Crippen molar-refractivity contribution in [2.75, 3.05) is 39.5 Å². The Morgan fingerprint density at radius 2 is 2.25 bits per heavy atom. The van der Waals surface area contributed by atoms with Crippen LogP contribution in [0.1, 0.15) is 37.7 Å². The third kappa shape index (κ3) is 4.20. The minimum Gasteiger partial charge on any atom is -0.381 e. The molecule has 0 amide bonds. The molecule has 3 fully saturated rings. The van der Waals surface area contributed by atoms with Crippen LogP contribution in [0.15, 0.2) is 16.8 Å². The van der Waals surface area contributed by atoms with Crippen LogP contribution >= 0.6 is 11.3 Å². The number of ether oxygens (including phenoxy) is 3. The van der Waals surface area contributed by atoms with Crippen LogP contribution in [0, 0.1) is 5.92 Å². The average molecular weight is 352 g/mol. The average Bonchev–Trinajstić information content (AvgIpc) is 3.25. The second kappa shape index (κ2) is 7.83. The maximum atomic E-state index is 6.29. The SMILES string of the molecule is c1cc(CN2CCC[C@]3(C[C@@H](OCC4CCOCC4)CO3)C2)cs1. The summed E-state index contributed by atoms with van der Waals surface area (Å²) in [6.45, 7) is 6.76. The number of rotatable bonds is 5. The largest absolute Gasteiger partial charge is 0.381 e. The molecule has 4 heterocycles. The highest BCUT2D eigenvalue weighted by molar-refractivity contribution is 7.07. The molecule has 134 valence electrons. The van der Waals surface area contributed by atoms with Gasteiger partial charge in [-0.25, -0.2) is 0 Å². The molecule has 0 radical (unpaired) electrons. The van der Waals surface area contributed by atoms with E-state index >= 15 is 0 Å². The third-order valence-electron chi connectivity index (χ3n) is 5.69. The maximum Gasteiger partial charge on any atom is 0.0836 e. The van der Waals surface area contributed by atoms with Crippen LogP contribution in [0.5, 0.6) is 0 Å². The smallest absolute Gasteiger partial charge is 0.0836 e.